The first-order valence-corrected chi connectivity index (χ1v) is 9.20. The van der Waals surface area contributed by atoms with Gasteiger partial charge in [0.2, 0.25) is 5.89 Å². The molecule has 8 heteroatoms. The van der Waals surface area contributed by atoms with Crippen molar-refractivity contribution in [2.45, 2.75) is 45.5 Å². The van der Waals surface area contributed by atoms with Crippen LogP contribution in [-0.4, -0.2) is 46.1 Å². The zero-order valence-electron chi connectivity index (χ0n) is 15.8. The van der Waals surface area contributed by atoms with Gasteiger partial charge in [-0.25, -0.2) is 0 Å². The number of alkyl halides is 3. The number of hydrogen-bond donors (Lipinski definition) is 0. The molecule has 0 N–H and O–H groups in total. The Morgan fingerprint density at radius 1 is 1.04 bits per heavy atom. The lowest BCUT2D eigenvalue weighted by atomic mass is 10.1. The Balaban J connectivity index is 1.52. The van der Waals surface area contributed by atoms with Gasteiger partial charge in [0, 0.05) is 38.6 Å². The predicted molar refractivity (Wildman–Crippen MR) is 95.1 cm³/mol. The molecular weight excluding hydrogens is 357 g/mol. The topological polar surface area (TPSA) is 45.4 Å². The molecular formula is C19H25F3N4O. The highest BCUT2D eigenvalue weighted by Crippen LogP contribution is 2.29. The molecule has 27 heavy (non-hydrogen) atoms. The van der Waals surface area contributed by atoms with E-state index in [0.717, 1.165) is 49.7 Å². The molecule has 1 aliphatic heterocycles. The number of rotatable bonds is 5. The van der Waals surface area contributed by atoms with E-state index in [1.54, 1.807) is 12.1 Å². The molecule has 0 radical (unpaired) electrons. The summed E-state index contributed by atoms with van der Waals surface area (Å²) in [6.45, 7) is 10.1. The van der Waals surface area contributed by atoms with Crippen molar-refractivity contribution in [3.8, 4) is 0 Å². The molecule has 148 valence electrons. The maximum absolute atomic E-state index is 12.6. The summed E-state index contributed by atoms with van der Waals surface area (Å²) >= 11 is 0. The summed E-state index contributed by atoms with van der Waals surface area (Å²) in [5.41, 5.74) is 0.285. The first kappa shape index (κ1) is 19.8. The average Bonchev–Trinajstić information content (AvgIpc) is 3.12. The SMILES string of the molecule is CC(C)c1noc(C(C)N2CCN(Cc3ccc(C(F)(F)F)cc3)CC2)n1. The quantitative estimate of drug-likeness (QED) is 0.779. The third-order valence-corrected chi connectivity index (χ3v) is 4.97. The summed E-state index contributed by atoms with van der Waals surface area (Å²) in [7, 11) is 0. The minimum atomic E-state index is -4.29. The summed E-state index contributed by atoms with van der Waals surface area (Å²) in [6.07, 6.45) is -4.29. The summed E-state index contributed by atoms with van der Waals surface area (Å²) in [6, 6.07) is 5.47. The lowest BCUT2D eigenvalue weighted by Crippen LogP contribution is -2.46. The Kier molecular flexibility index (Phi) is 5.86. The second-order valence-electron chi connectivity index (χ2n) is 7.33. The smallest absolute Gasteiger partial charge is 0.338 e. The van der Waals surface area contributed by atoms with Crippen LogP contribution < -0.4 is 0 Å². The molecule has 2 heterocycles. The van der Waals surface area contributed by atoms with E-state index in [1.165, 1.54) is 0 Å². The lowest BCUT2D eigenvalue weighted by Gasteiger charge is -2.36. The first-order chi connectivity index (χ1) is 12.7. The van der Waals surface area contributed by atoms with Crippen molar-refractivity contribution in [1.82, 2.24) is 19.9 Å². The number of hydrogen-bond acceptors (Lipinski definition) is 5. The van der Waals surface area contributed by atoms with Crippen molar-refractivity contribution in [1.29, 1.82) is 0 Å². The predicted octanol–water partition coefficient (Wildman–Crippen LogP) is 4.09. The van der Waals surface area contributed by atoms with Gasteiger partial charge in [-0.2, -0.15) is 18.2 Å². The Morgan fingerprint density at radius 2 is 1.67 bits per heavy atom. The minimum absolute atomic E-state index is 0.0539. The lowest BCUT2D eigenvalue weighted by molar-refractivity contribution is -0.137. The van der Waals surface area contributed by atoms with Crippen molar-refractivity contribution in [3.63, 3.8) is 0 Å². The Morgan fingerprint density at radius 3 is 2.19 bits per heavy atom. The van der Waals surface area contributed by atoms with Crippen LogP contribution in [0, 0.1) is 0 Å². The van der Waals surface area contributed by atoms with Gasteiger partial charge < -0.3 is 4.52 Å². The van der Waals surface area contributed by atoms with Gasteiger partial charge in [-0.15, -0.1) is 0 Å². The fourth-order valence-electron chi connectivity index (χ4n) is 3.17. The summed E-state index contributed by atoms with van der Waals surface area (Å²) < 4.78 is 43.3. The van der Waals surface area contributed by atoms with Gasteiger partial charge in [0.05, 0.1) is 11.6 Å². The van der Waals surface area contributed by atoms with Crippen LogP contribution in [0.3, 0.4) is 0 Å². The highest BCUT2D eigenvalue weighted by Gasteiger charge is 2.30. The molecule has 1 saturated heterocycles. The summed E-state index contributed by atoms with van der Waals surface area (Å²) in [5.74, 6) is 1.59. The van der Waals surface area contributed by atoms with Crippen molar-refractivity contribution in [2.75, 3.05) is 26.2 Å². The Labute approximate surface area is 157 Å². The molecule has 1 aromatic carbocycles. The molecule has 1 atom stereocenters. The van der Waals surface area contributed by atoms with E-state index >= 15 is 0 Å². The fourth-order valence-corrected chi connectivity index (χ4v) is 3.17. The normalized spacial score (nSPS) is 18.2. The number of benzene rings is 1. The monoisotopic (exact) mass is 382 g/mol. The van der Waals surface area contributed by atoms with Crippen LogP contribution in [0.25, 0.3) is 0 Å². The van der Waals surface area contributed by atoms with Gasteiger partial charge in [-0.1, -0.05) is 31.1 Å². The van der Waals surface area contributed by atoms with Gasteiger partial charge >= 0.3 is 6.18 Å². The molecule has 0 amide bonds. The highest BCUT2D eigenvalue weighted by atomic mass is 19.4. The van der Waals surface area contributed by atoms with Gasteiger partial charge in [-0.3, -0.25) is 9.80 Å². The number of halogens is 3. The largest absolute Gasteiger partial charge is 0.416 e. The van der Waals surface area contributed by atoms with Gasteiger partial charge in [0.15, 0.2) is 5.82 Å². The van der Waals surface area contributed by atoms with Crippen LogP contribution in [0.1, 0.15) is 55.6 Å². The van der Waals surface area contributed by atoms with Gasteiger partial charge in [0.1, 0.15) is 0 Å². The van der Waals surface area contributed by atoms with Crippen molar-refractivity contribution < 1.29 is 17.7 Å². The van der Waals surface area contributed by atoms with Crippen LogP contribution in [0.5, 0.6) is 0 Å². The number of nitrogens with zero attached hydrogens (tertiary/aromatic N) is 4. The summed E-state index contributed by atoms with van der Waals surface area (Å²) in [4.78, 5) is 9.02. The average molecular weight is 382 g/mol. The molecule has 0 saturated carbocycles. The van der Waals surface area contributed by atoms with E-state index in [0.29, 0.717) is 12.4 Å². The van der Waals surface area contributed by atoms with Crippen LogP contribution in [-0.2, 0) is 12.7 Å². The molecule has 2 aromatic rings. The minimum Gasteiger partial charge on any atom is -0.338 e. The molecule has 0 bridgehead atoms. The maximum Gasteiger partial charge on any atom is 0.416 e. The highest BCUT2D eigenvalue weighted by molar-refractivity contribution is 5.24. The number of piperazine rings is 1. The maximum atomic E-state index is 12.6. The van der Waals surface area contributed by atoms with Crippen LogP contribution in [0.4, 0.5) is 13.2 Å². The fraction of sp³-hybridized carbons (Fsp3) is 0.579. The van der Waals surface area contributed by atoms with Gasteiger partial charge in [-0.05, 0) is 24.6 Å². The van der Waals surface area contributed by atoms with Crippen molar-refractivity contribution in [3.05, 3.63) is 47.1 Å². The van der Waals surface area contributed by atoms with E-state index in [9.17, 15) is 13.2 Å². The standard InChI is InChI=1S/C19H25F3N4O/c1-13(2)17-23-18(27-24-17)14(3)26-10-8-25(9-11-26)12-15-4-6-16(7-5-15)19(20,21)22/h4-7,13-14H,8-12H2,1-3H3. The molecule has 1 aliphatic rings. The van der Waals surface area contributed by atoms with E-state index < -0.39 is 11.7 Å². The Bertz CT molecular complexity index is 734. The zero-order chi connectivity index (χ0) is 19.6. The van der Waals surface area contributed by atoms with E-state index in [2.05, 4.69) is 26.9 Å². The van der Waals surface area contributed by atoms with E-state index in [4.69, 9.17) is 4.52 Å². The Hall–Kier alpha value is -1.93. The molecule has 3 rings (SSSR count). The van der Waals surface area contributed by atoms with Crippen LogP contribution in [0.2, 0.25) is 0 Å². The third kappa shape index (κ3) is 4.87. The summed E-state index contributed by atoms with van der Waals surface area (Å²) in [5, 5.41) is 4.02. The van der Waals surface area contributed by atoms with Crippen LogP contribution in [0.15, 0.2) is 28.8 Å². The molecule has 0 aliphatic carbocycles. The number of aromatic nitrogens is 2. The van der Waals surface area contributed by atoms with Crippen molar-refractivity contribution in [2.24, 2.45) is 0 Å². The third-order valence-electron chi connectivity index (χ3n) is 4.97. The van der Waals surface area contributed by atoms with Gasteiger partial charge in [0.25, 0.3) is 0 Å². The van der Waals surface area contributed by atoms with Crippen LogP contribution >= 0.6 is 0 Å². The van der Waals surface area contributed by atoms with Crippen molar-refractivity contribution >= 4 is 0 Å². The second kappa shape index (κ2) is 7.98. The van der Waals surface area contributed by atoms with E-state index in [-0.39, 0.29) is 12.0 Å². The first-order valence-electron chi connectivity index (χ1n) is 9.20. The molecule has 1 unspecified atom stereocenters. The van der Waals surface area contributed by atoms with E-state index in [1.807, 2.05) is 13.8 Å². The molecule has 0 spiro atoms. The second-order valence-corrected chi connectivity index (χ2v) is 7.33. The molecule has 5 nitrogen and oxygen atoms in total. The molecule has 1 fully saturated rings. The molecule has 1 aromatic heterocycles. The zero-order valence-corrected chi connectivity index (χ0v) is 15.8.